The van der Waals surface area contributed by atoms with E-state index in [0.29, 0.717) is 6.04 Å². The smallest absolute Gasteiger partial charge is 0.123 e. The predicted molar refractivity (Wildman–Crippen MR) is 96.1 cm³/mol. The second kappa shape index (κ2) is 8.24. The molecular formula is C19H26FN5O. The van der Waals surface area contributed by atoms with Crippen LogP contribution in [-0.2, 0) is 17.8 Å². The van der Waals surface area contributed by atoms with E-state index < -0.39 is 0 Å². The van der Waals surface area contributed by atoms with Crippen LogP contribution in [0.1, 0.15) is 30.1 Å². The molecule has 0 unspecified atom stereocenters. The van der Waals surface area contributed by atoms with Gasteiger partial charge in [0.1, 0.15) is 5.82 Å². The van der Waals surface area contributed by atoms with E-state index in [4.69, 9.17) is 4.74 Å². The highest BCUT2D eigenvalue weighted by Gasteiger charge is 2.22. The van der Waals surface area contributed by atoms with Gasteiger partial charge in [0, 0.05) is 39.3 Å². The zero-order valence-electron chi connectivity index (χ0n) is 15.1. The molecule has 3 heterocycles. The summed E-state index contributed by atoms with van der Waals surface area (Å²) in [7, 11) is 0. The van der Waals surface area contributed by atoms with Crippen LogP contribution in [0.2, 0.25) is 0 Å². The van der Waals surface area contributed by atoms with Gasteiger partial charge in [-0.1, -0.05) is 17.3 Å². The number of benzene rings is 1. The summed E-state index contributed by atoms with van der Waals surface area (Å²) in [6, 6.07) is 7.24. The lowest BCUT2D eigenvalue weighted by atomic mass is 10.0. The zero-order chi connectivity index (χ0) is 17.8. The van der Waals surface area contributed by atoms with Gasteiger partial charge in [-0.15, -0.1) is 5.10 Å². The van der Waals surface area contributed by atoms with Crippen molar-refractivity contribution in [2.75, 3.05) is 39.4 Å². The molecule has 0 spiro atoms. The Morgan fingerprint density at radius 2 is 1.65 bits per heavy atom. The molecule has 2 aliphatic rings. The number of halogens is 1. The maximum absolute atomic E-state index is 13.0. The Morgan fingerprint density at radius 3 is 2.38 bits per heavy atom. The number of likely N-dealkylation sites (tertiary alicyclic amines) is 1. The Bertz CT molecular complexity index is 690. The van der Waals surface area contributed by atoms with E-state index in [-0.39, 0.29) is 5.82 Å². The highest BCUT2D eigenvalue weighted by Crippen LogP contribution is 2.23. The Kier molecular flexibility index (Phi) is 5.57. The van der Waals surface area contributed by atoms with E-state index in [2.05, 4.69) is 26.3 Å². The number of aromatic nitrogens is 3. The van der Waals surface area contributed by atoms with Gasteiger partial charge < -0.3 is 4.74 Å². The lowest BCUT2D eigenvalue weighted by Crippen LogP contribution is -2.35. The van der Waals surface area contributed by atoms with Crippen LogP contribution in [0.4, 0.5) is 4.39 Å². The average Bonchev–Trinajstić information content (AvgIpc) is 3.13. The first-order valence-electron chi connectivity index (χ1n) is 9.44. The van der Waals surface area contributed by atoms with E-state index in [1.165, 1.54) is 17.7 Å². The molecule has 2 fully saturated rings. The first-order valence-corrected chi connectivity index (χ1v) is 9.44. The van der Waals surface area contributed by atoms with E-state index in [0.717, 1.165) is 71.0 Å². The van der Waals surface area contributed by atoms with Crippen LogP contribution in [0.3, 0.4) is 0 Å². The number of nitrogens with zero attached hydrogens (tertiary/aromatic N) is 5. The molecule has 0 bridgehead atoms. The number of ether oxygens (including phenoxy) is 1. The number of rotatable bonds is 5. The summed E-state index contributed by atoms with van der Waals surface area (Å²) >= 11 is 0. The first kappa shape index (κ1) is 17.6. The van der Waals surface area contributed by atoms with Crippen molar-refractivity contribution in [1.82, 2.24) is 24.8 Å². The fourth-order valence-electron chi connectivity index (χ4n) is 3.74. The van der Waals surface area contributed by atoms with Gasteiger partial charge in [0.2, 0.25) is 0 Å². The number of hydrogen-bond donors (Lipinski definition) is 0. The largest absolute Gasteiger partial charge is 0.379 e. The molecule has 0 radical (unpaired) electrons. The van der Waals surface area contributed by atoms with Crippen molar-refractivity contribution < 1.29 is 9.13 Å². The fourth-order valence-corrected chi connectivity index (χ4v) is 3.74. The van der Waals surface area contributed by atoms with Crippen LogP contribution in [0.15, 0.2) is 30.5 Å². The predicted octanol–water partition coefficient (Wildman–Crippen LogP) is 2.09. The highest BCUT2D eigenvalue weighted by molar-refractivity contribution is 5.16. The molecule has 0 aliphatic carbocycles. The average molecular weight is 359 g/mol. The van der Waals surface area contributed by atoms with Crippen molar-refractivity contribution in [3.8, 4) is 0 Å². The molecule has 6 nitrogen and oxygen atoms in total. The molecule has 1 aromatic heterocycles. The van der Waals surface area contributed by atoms with Gasteiger partial charge >= 0.3 is 0 Å². The SMILES string of the molecule is Fc1ccc(CN2CCC(n3cc(CN4CCOCC4)nn3)CC2)cc1. The van der Waals surface area contributed by atoms with E-state index >= 15 is 0 Å². The second-order valence-electron chi connectivity index (χ2n) is 7.21. The normalized spacial score (nSPS) is 20.5. The molecule has 140 valence electrons. The summed E-state index contributed by atoms with van der Waals surface area (Å²) in [6.07, 6.45) is 4.25. The minimum atomic E-state index is -0.175. The molecule has 26 heavy (non-hydrogen) atoms. The van der Waals surface area contributed by atoms with Crippen molar-refractivity contribution in [3.63, 3.8) is 0 Å². The van der Waals surface area contributed by atoms with Crippen molar-refractivity contribution >= 4 is 0 Å². The molecule has 0 amide bonds. The standard InChI is InChI=1S/C19H26FN5O/c20-17-3-1-16(2-4-17)13-23-7-5-19(6-8-23)25-15-18(21-22-25)14-24-9-11-26-12-10-24/h1-4,15,19H,5-14H2. The molecule has 0 N–H and O–H groups in total. The molecule has 1 aromatic carbocycles. The van der Waals surface area contributed by atoms with Gasteiger partial charge in [0.15, 0.2) is 0 Å². The van der Waals surface area contributed by atoms with Crippen LogP contribution in [0.5, 0.6) is 0 Å². The second-order valence-corrected chi connectivity index (χ2v) is 7.21. The minimum absolute atomic E-state index is 0.175. The Morgan fingerprint density at radius 1 is 0.962 bits per heavy atom. The summed E-state index contributed by atoms with van der Waals surface area (Å²) in [5.41, 5.74) is 2.21. The summed E-state index contributed by atoms with van der Waals surface area (Å²) in [5.74, 6) is -0.175. The van der Waals surface area contributed by atoms with Crippen molar-refractivity contribution in [1.29, 1.82) is 0 Å². The van der Waals surface area contributed by atoms with Crippen molar-refractivity contribution in [2.45, 2.75) is 32.0 Å². The number of morpholine rings is 1. The minimum Gasteiger partial charge on any atom is -0.379 e. The van der Waals surface area contributed by atoms with Gasteiger partial charge in [0.05, 0.1) is 31.1 Å². The summed E-state index contributed by atoms with van der Waals surface area (Å²) in [5, 5.41) is 8.73. The van der Waals surface area contributed by atoms with Crippen molar-refractivity contribution in [3.05, 3.63) is 47.5 Å². The Balaban J connectivity index is 1.27. The first-order chi connectivity index (χ1) is 12.8. The van der Waals surface area contributed by atoms with Crippen LogP contribution < -0.4 is 0 Å². The van der Waals surface area contributed by atoms with Gasteiger partial charge in [-0.3, -0.25) is 9.80 Å². The molecule has 2 aromatic rings. The third-order valence-electron chi connectivity index (χ3n) is 5.30. The molecular weight excluding hydrogens is 333 g/mol. The topological polar surface area (TPSA) is 46.4 Å². The third-order valence-corrected chi connectivity index (χ3v) is 5.30. The lowest BCUT2D eigenvalue weighted by Gasteiger charge is -2.31. The molecule has 0 atom stereocenters. The maximum atomic E-state index is 13.0. The van der Waals surface area contributed by atoms with Gasteiger partial charge in [-0.05, 0) is 30.5 Å². The summed E-state index contributed by atoms with van der Waals surface area (Å²) < 4.78 is 20.5. The van der Waals surface area contributed by atoms with Crippen LogP contribution in [-0.4, -0.2) is 64.2 Å². The van der Waals surface area contributed by atoms with Gasteiger partial charge in [0.25, 0.3) is 0 Å². The fraction of sp³-hybridized carbons (Fsp3) is 0.579. The molecule has 2 saturated heterocycles. The molecule has 7 heteroatoms. The Labute approximate surface area is 153 Å². The summed E-state index contributed by atoms with van der Waals surface area (Å²) in [4.78, 5) is 4.79. The van der Waals surface area contributed by atoms with Crippen LogP contribution in [0.25, 0.3) is 0 Å². The highest BCUT2D eigenvalue weighted by atomic mass is 19.1. The Hall–Kier alpha value is -1.83. The lowest BCUT2D eigenvalue weighted by molar-refractivity contribution is 0.0336. The van der Waals surface area contributed by atoms with E-state index in [1.807, 2.05) is 16.8 Å². The van der Waals surface area contributed by atoms with Gasteiger partial charge in [-0.25, -0.2) is 9.07 Å². The van der Waals surface area contributed by atoms with E-state index in [9.17, 15) is 4.39 Å². The van der Waals surface area contributed by atoms with Crippen molar-refractivity contribution in [2.24, 2.45) is 0 Å². The molecule has 2 aliphatic heterocycles. The number of hydrogen-bond acceptors (Lipinski definition) is 5. The van der Waals surface area contributed by atoms with E-state index in [1.54, 1.807) is 0 Å². The molecule has 0 saturated carbocycles. The molecule has 4 rings (SSSR count). The van der Waals surface area contributed by atoms with Crippen LogP contribution >= 0.6 is 0 Å². The summed E-state index contributed by atoms with van der Waals surface area (Å²) in [6.45, 7) is 7.34. The number of piperidine rings is 1. The third kappa shape index (κ3) is 4.47. The van der Waals surface area contributed by atoms with Gasteiger partial charge in [-0.2, -0.15) is 0 Å². The monoisotopic (exact) mass is 359 g/mol. The zero-order valence-corrected chi connectivity index (χ0v) is 15.1. The maximum Gasteiger partial charge on any atom is 0.123 e. The quantitative estimate of drug-likeness (QED) is 0.818. The van der Waals surface area contributed by atoms with Crippen LogP contribution in [0, 0.1) is 5.82 Å².